The highest BCUT2D eigenvalue weighted by Crippen LogP contribution is 2.34. The van der Waals surface area contributed by atoms with Crippen LogP contribution in [-0.2, 0) is 9.47 Å². The summed E-state index contributed by atoms with van der Waals surface area (Å²) in [5.74, 6) is 0. The van der Waals surface area contributed by atoms with Crippen molar-refractivity contribution in [3.63, 3.8) is 0 Å². The molecule has 0 aliphatic carbocycles. The quantitative estimate of drug-likeness (QED) is 0.605. The largest absolute Gasteiger partial charge is 0.388 e. The van der Waals surface area contributed by atoms with E-state index in [0.717, 1.165) is 12.8 Å². The standard InChI is InChI=1S/C13H22ClN3O4S/c1-15-13-16-9-11(19)10(18)8(21-12(9)22-13)6-17(14)7-2-4-20-5-3-7/h7-12,18-19H,2-6H2,1H3,(H,15,16)/t8-,9-,10-,11-,12-/m1/s1. The molecule has 0 saturated carbocycles. The molecule has 22 heavy (non-hydrogen) atoms. The number of rotatable bonds is 3. The fourth-order valence-electron chi connectivity index (χ4n) is 3.03. The van der Waals surface area contributed by atoms with Gasteiger partial charge in [0.2, 0.25) is 0 Å². The first-order chi connectivity index (χ1) is 10.6. The zero-order valence-corrected chi connectivity index (χ0v) is 14.0. The molecule has 0 aromatic rings. The molecule has 0 amide bonds. The highest BCUT2D eigenvalue weighted by Gasteiger charge is 2.49. The molecule has 3 heterocycles. The van der Waals surface area contributed by atoms with Crippen LogP contribution in [0.2, 0.25) is 0 Å². The number of hydrogen-bond donors (Lipinski definition) is 3. The number of ether oxygens (including phenoxy) is 2. The molecule has 3 fully saturated rings. The molecule has 0 unspecified atom stereocenters. The third-order valence-electron chi connectivity index (χ3n) is 4.36. The third-order valence-corrected chi connectivity index (χ3v) is 5.94. The van der Waals surface area contributed by atoms with E-state index in [1.54, 1.807) is 11.5 Å². The van der Waals surface area contributed by atoms with Crippen molar-refractivity contribution in [2.45, 2.75) is 48.7 Å². The average Bonchev–Trinajstić information content (AvgIpc) is 2.96. The van der Waals surface area contributed by atoms with E-state index in [9.17, 15) is 10.2 Å². The number of aliphatic hydroxyl groups excluding tert-OH is 2. The van der Waals surface area contributed by atoms with Crippen LogP contribution in [0.3, 0.4) is 0 Å². The highest BCUT2D eigenvalue weighted by atomic mass is 35.5. The van der Waals surface area contributed by atoms with Crippen molar-refractivity contribution < 1.29 is 19.7 Å². The van der Waals surface area contributed by atoms with Crippen molar-refractivity contribution in [3.05, 3.63) is 0 Å². The fraction of sp³-hybridized carbons (Fsp3) is 0.923. The normalized spacial score (nSPS) is 41.7. The molecule has 3 saturated heterocycles. The predicted octanol–water partition coefficient (Wildman–Crippen LogP) is -0.241. The summed E-state index contributed by atoms with van der Waals surface area (Å²) in [7, 11) is 1.68. The smallest absolute Gasteiger partial charge is 0.159 e. The first-order valence-corrected chi connectivity index (χ1v) is 8.73. The summed E-state index contributed by atoms with van der Waals surface area (Å²) in [6, 6.07) is -0.134. The average molecular weight is 352 g/mol. The Balaban J connectivity index is 1.61. The first kappa shape index (κ1) is 16.8. The van der Waals surface area contributed by atoms with Gasteiger partial charge >= 0.3 is 0 Å². The molecule has 9 heteroatoms. The topological polar surface area (TPSA) is 86.6 Å². The van der Waals surface area contributed by atoms with Gasteiger partial charge in [-0.2, -0.15) is 0 Å². The SMILES string of the molecule is CN=C1N[C@@H]2[C@@H](O)[C@H](O)[C@@H](CN(Cl)C3CCOCC3)O[C@@H]2S1. The molecular weight excluding hydrogens is 330 g/mol. The second-order valence-electron chi connectivity index (χ2n) is 5.77. The lowest BCUT2D eigenvalue weighted by Gasteiger charge is -2.41. The van der Waals surface area contributed by atoms with Crippen molar-refractivity contribution in [1.29, 1.82) is 0 Å². The van der Waals surface area contributed by atoms with Crippen molar-refractivity contribution in [2.24, 2.45) is 4.99 Å². The van der Waals surface area contributed by atoms with Gasteiger partial charge in [0.15, 0.2) is 5.17 Å². The fourth-order valence-corrected chi connectivity index (χ4v) is 4.46. The highest BCUT2D eigenvalue weighted by molar-refractivity contribution is 8.14. The lowest BCUT2D eigenvalue weighted by molar-refractivity contribution is -0.160. The zero-order chi connectivity index (χ0) is 15.7. The maximum Gasteiger partial charge on any atom is 0.159 e. The van der Waals surface area contributed by atoms with Gasteiger partial charge in [-0.25, -0.2) is 4.42 Å². The van der Waals surface area contributed by atoms with Gasteiger partial charge in [-0.05, 0) is 24.6 Å². The predicted molar refractivity (Wildman–Crippen MR) is 84.9 cm³/mol. The maximum atomic E-state index is 10.3. The Kier molecular flexibility index (Phi) is 5.49. The molecule has 3 N–H and O–H groups in total. The number of nitrogens with zero attached hydrogens (tertiary/aromatic N) is 2. The number of fused-ring (bicyclic) bond motifs is 1. The van der Waals surface area contributed by atoms with Gasteiger partial charge in [-0.3, -0.25) is 4.99 Å². The minimum Gasteiger partial charge on any atom is -0.388 e. The number of hydrogen-bond acceptors (Lipinski definition) is 7. The van der Waals surface area contributed by atoms with Crippen molar-refractivity contribution in [3.8, 4) is 0 Å². The lowest BCUT2D eigenvalue weighted by Crippen LogP contribution is -2.61. The van der Waals surface area contributed by atoms with Crippen LogP contribution < -0.4 is 5.32 Å². The minimum absolute atomic E-state index is 0.211. The van der Waals surface area contributed by atoms with Gasteiger partial charge in [-0.1, -0.05) is 11.8 Å². The van der Waals surface area contributed by atoms with Crippen LogP contribution in [0.1, 0.15) is 12.8 Å². The Bertz CT molecular complexity index is 424. The summed E-state index contributed by atoms with van der Waals surface area (Å²) < 4.78 is 13.0. The van der Waals surface area contributed by atoms with Gasteiger partial charge in [0, 0.05) is 32.8 Å². The number of halogens is 1. The van der Waals surface area contributed by atoms with Crippen molar-refractivity contribution in [1.82, 2.24) is 9.74 Å². The summed E-state index contributed by atoms with van der Waals surface area (Å²) in [6.45, 7) is 1.77. The Morgan fingerprint density at radius 2 is 2.09 bits per heavy atom. The number of aliphatic imine (C=N–C) groups is 1. The van der Waals surface area contributed by atoms with Crippen LogP contribution >= 0.6 is 23.5 Å². The Morgan fingerprint density at radius 3 is 2.77 bits per heavy atom. The van der Waals surface area contributed by atoms with Gasteiger partial charge in [0.05, 0.1) is 6.04 Å². The second-order valence-corrected chi connectivity index (χ2v) is 7.29. The summed E-state index contributed by atoms with van der Waals surface area (Å²) in [5, 5.41) is 24.4. The Labute approximate surface area is 139 Å². The van der Waals surface area contributed by atoms with E-state index in [-0.39, 0.29) is 17.5 Å². The molecule has 0 radical (unpaired) electrons. The molecule has 7 nitrogen and oxygen atoms in total. The van der Waals surface area contributed by atoms with E-state index in [1.165, 1.54) is 11.8 Å². The molecule has 0 aromatic heterocycles. The van der Waals surface area contributed by atoms with Gasteiger partial charge in [0.25, 0.3) is 0 Å². The van der Waals surface area contributed by atoms with E-state index in [4.69, 9.17) is 21.3 Å². The number of thioether (sulfide) groups is 1. The van der Waals surface area contributed by atoms with Crippen molar-refractivity contribution in [2.75, 3.05) is 26.8 Å². The van der Waals surface area contributed by atoms with Crippen LogP contribution in [0, 0.1) is 0 Å². The second kappa shape index (κ2) is 7.21. The van der Waals surface area contributed by atoms with Gasteiger partial charge in [-0.15, -0.1) is 0 Å². The van der Waals surface area contributed by atoms with Crippen LogP contribution in [0.5, 0.6) is 0 Å². The summed E-state index contributed by atoms with van der Waals surface area (Å²) in [6.07, 6.45) is -0.683. The summed E-state index contributed by atoms with van der Waals surface area (Å²) >= 11 is 7.79. The number of nitrogens with one attached hydrogen (secondary N) is 1. The molecule has 0 spiro atoms. The van der Waals surface area contributed by atoms with Crippen molar-refractivity contribution >= 4 is 28.7 Å². The zero-order valence-electron chi connectivity index (χ0n) is 12.4. The molecule has 3 rings (SSSR count). The Hall–Kier alpha value is -0.0900. The summed E-state index contributed by atoms with van der Waals surface area (Å²) in [4.78, 5) is 4.08. The minimum atomic E-state index is -0.980. The maximum absolute atomic E-state index is 10.3. The number of amidine groups is 1. The van der Waals surface area contributed by atoms with E-state index in [2.05, 4.69) is 10.3 Å². The first-order valence-electron chi connectivity index (χ1n) is 7.52. The molecule has 3 aliphatic rings. The molecule has 0 bridgehead atoms. The van der Waals surface area contributed by atoms with Crippen LogP contribution in [-0.4, -0.2) is 82.4 Å². The third kappa shape index (κ3) is 3.38. The lowest BCUT2D eigenvalue weighted by atomic mass is 9.97. The molecule has 5 atom stereocenters. The van der Waals surface area contributed by atoms with Gasteiger partial charge < -0.3 is 25.0 Å². The van der Waals surface area contributed by atoms with E-state index < -0.39 is 18.3 Å². The Morgan fingerprint density at radius 1 is 1.36 bits per heavy atom. The van der Waals surface area contributed by atoms with E-state index in [0.29, 0.717) is 24.9 Å². The van der Waals surface area contributed by atoms with E-state index >= 15 is 0 Å². The monoisotopic (exact) mass is 351 g/mol. The number of aliphatic hydroxyl groups is 2. The molecule has 0 aromatic carbocycles. The molecule has 126 valence electrons. The van der Waals surface area contributed by atoms with Gasteiger partial charge in [0.1, 0.15) is 23.7 Å². The van der Waals surface area contributed by atoms with Crippen LogP contribution in [0.4, 0.5) is 0 Å². The summed E-state index contributed by atoms with van der Waals surface area (Å²) in [5.41, 5.74) is -0.262. The molecule has 3 aliphatic heterocycles. The van der Waals surface area contributed by atoms with Crippen LogP contribution in [0.15, 0.2) is 4.99 Å². The van der Waals surface area contributed by atoms with Crippen LogP contribution in [0.25, 0.3) is 0 Å². The molecular formula is C13H22ClN3O4S. The van der Waals surface area contributed by atoms with E-state index in [1.807, 2.05) is 0 Å².